The van der Waals surface area contributed by atoms with E-state index < -0.39 is 0 Å². The number of benzene rings is 5. The molecule has 1 nitrogen and oxygen atoms in total. The van der Waals surface area contributed by atoms with Gasteiger partial charge in [0.2, 0.25) is 0 Å². The second-order valence-corrected chi connectivity index (χ2v) is 15.1. The number of hydrogen-bond acceptors (Lipinski definition) is 1. The first-order chi connectivity index (χ1) is 22.2. The fraction of sp³-hybridized carbons (Fsp3) is 0.238. The predicted molar refractivity (Wildman–Crippen MR) is 177 cm³/mol. The second-order valence-electron chi connectivity index (χ2n) is 14.3. The highest BCUT2D eigenvalue weighted by atomic mass is 35.5. The van der Waals surface area contributed by atoms with E-state index in [9.17, 15) is 0 Å². The van der Waals surface area contributed by atoms with E-state index in [4.69, 9.17) is 27.9 Å². The monoisotopic (exact) mass is 618 g/mol. The summed E-state index contributed by atoms with van der Waals surface area (Å²) in [5, 5.41) is 1.27. The minimum absolute atomic E-state index is 0.0240. The van der Waals surface area contributed by atoms with Gasteiger partial charge in [0.15, 0.2) is 0 Å². The summed E-state index contributed by atoms with van der Waals surface area (Å²) in [6.45, 7) is 0. The zero-order valence-electron chi connectivity index (χ0n) is 24.3. The highest BCUT2D eigenvalue weighted by Gasteiger charge is 2.68. The Morgan fingerprint density at radius 1 is 0.400 bits per heavy atom. The van der Waals surface area contributed by atoms with Crippen LogP contribution >= 0.6 is 23.2 Å². The number of hydrogen-bond donors (Lipinski definition) is 0. The summed E-state index contributed by atoms with van der Waals surface area (Å²) in [7, 11) is 0. The Morgan fingerprint density at radius 2 is 0.711 bits per heavy atom. The Labute approximate surface area is 272 Å². The van der Waals surface area contributed by atoms with E-state index in [0.717, 1.165) is 0 Å². The summed E-state index contributed by atoms with van der Waals surface area (Å²) < 4.78 is 7.22. The summed E-state index contributed by atoms with van der Waals surface area (Å²) in [5.41, 5.74) is 18.1. The molecule has 0 N–H and O–H groups in total. The van der Waals surface area contributed by atoms with Gasteiger partial charge in [-0.1, -0.05) is 131 Å². The van der Waals surface area contributed by atoms with Crippen LogP contribution in [0.25, 0.3) is 0 Å². The van der Waals surface area contributed by atoms with Gasteiger partial charge in [-0.2, -0.15) is 0 Å². The van der Waals surface area contributed by atoms with Gasteiger partial charge in [0.1, 0.15) is 0 Å². The third-order valence-electron chi connectivity index (χ3n) is 13.0. The van der Waals surface area contributed by atoms with Crippen molar-refractivity contribution in [3.63, 3.8) is 0 Å². The molecule has 14 rings (SSSR count). The van der Waals surface area contributed by atoms with Crippen LogP contribution < -0.4 is 0 Å². The summed E-state index contributed by atoms with van der Waals surface area (Å²) in [6.07, 6.45) is 0.0480. The highest BCUT2D eigenvalue weighted by Crippen LogP contribution is 2.77. The Balaban J connectivity index is 1.23. The predicted octanol–water partition coefficient (Wildman–Crippen LogP) is 10.5. The molecule has 0 amide bonds. The molecule has 0 spiro atoms. The van der Waals surface area contributed by atoms with Crippen molar-refractivity contribution in [2.45, 2.75) is 35.9 Å². The van der Waals surface area contributed by atoms with Crippen molar-refractivity contribution in [3.8, 4) is 0 Å². The van der Waals surface area contributed by atoms with Gasteiger partial charge in [0.25, 0.3) is 0 Å². The van der Waals surface area contributed by atoms with E-state index >= 15 is 0 Å². The maximum absolute atomic E-state index is 7.22. The first-order valence-corrected chi connectivity index (χ1v) is 17.2. The maximum Gasteiger partial charge on any atom is 0.0875 e. The van der Waals surface area contributed by atoms with Crippen molar-refractivity contribution in [1.29, 1.82) is 0 Å². The van der Waals surface area contributed by atoms with Crippen LogP contribution in [0, 0.1) is 23.7 Å². The zero-order valence-corrected chi connectivity index (χ0v) is 25.8. The molecule has 6 atom stereocenters. The molecule has 6 bridgehead atoms. The molecule has 0 saturated carbocycles. The summed E-state index contributed by atoms with van der Waals surface area (Å²) in [4.78, 5) is 0. The lowest BCUT2D eigenvalue weighted by atomic mass is 9.41. The van der Waals surface area contributed by atoms with Crippen molar-refractivity contribution >= 4 is 23.2 Å². The molecule has 5 aromatic rings. The van der Waals surface area contributed by atoms with E-state index in [-0.39, 0.29) is 24.0 Å². The van der Waals surface area contributed by atoms with Crippen LogP contribution in [0.15, 0.2) is 120 Å². The molecule has 45 heavy (non-hydrogen) atoms. The smallest absolute Gasteiger partial charge is 0.0875 e. The lowest BCUT2D eigenvalue weighted by Crippen LogP contribution is -2.52. The molecule has 2 aliphatic heterocycles. The molecule has 0 radical (unpaired) electrons. The molecule has 1 saturated heterocycles. The average Bonchev–Trinajstić information content (AvgIpc) is 3.65. The largest absolute Gasteiger partial charge is 0.365 e. The molecular formula is C42H28Cl2O. The number of fused-ring (bicyclic) bond motifs is 8. The van der Waals surface area contributed by atoms with Gasteiger partial charge in [-0.05, 0) is 79.6 Å². The van der Waals surface area contributed by atoms with Gasteiger partial charge in [0, 0.05) is 35.5 Å². The highest BCUT2D eigenvalue weighted by molar-refractivity contribution is 6.42. The Hall–Kier alpha value is -3.62. The molecule has 9 aliphatic rings. The molecular weight excluding hydrogens is 591 g/mol. The molecule has 3 heteroatoms. The number of rotatable bonds is 0. The minimum atomic E-state index is 0.0240. The minimum Gasteiger partial charge on any atom is -0.365 e. The van der Waals surface area contributed by atoms with Crippen molar-refractivity contribution < 1.29 is 4.74 Å². The summed E-state index contributed by atoms with van der Waals surface area (Å²) in [5.74, 6) is 2.69. The van der Waals surface area contributed by atoms with E-state index in [1.165, 1.54) is 55.6 Å². The average molecular weight is 620 g/mol. The quantitative estimate of drug-likeness (QED) is 0.157. The molecule has 0 unspecified atom stereocenters. The van der Waals surface area contributed by atoms with Gasteiger partial charge in [-0.25, -0.2) is 0 Å². The first-order valence-electron chi connectivity index (χ1n) is 16.4. The number of ether oxygens (including phenoxy) is 1. The van der Waals surface area contributed by atoms with Gasteiger partial charge in [-0.3, -0.25) is 0 Å². The summed E-state index contributed by atoms with van der Waals surface area (Å²) >= 11 is 13.4. The third-order valence-corrected chi connectivity index (χ3v) is 13.7. The molecule has 2 heterocycles. The van der Waals surface area contributed by atoms with Gasteiger partial charge >= 0.3 is 0 Å². The van der Waals surface area contributed by atoms with Crippen LogP contribution in [0.2, 0.25) is 10.0 Å². The lowest BCUT2D eigenvalue weighted by Gasteiger charge is -2.61. The number of halogens is 2. The second kappa shape index (κ2) is 8.20. The lowest BCUT2D eigenvalue weighted by molar-refractivity contribution is 0.0469. The molecule has 7 aliphatic carbocycles. The standard InChI is InChI=1S/C42H28Cl2O/c43-29-17-27-28(18-30(29)44)42-40-38-34-25-15-7-3-11-21(25)32(22-12-4-8-16-26(22)34)36(38)35-31-19-9-1-5-13-23(19)33(24-14-6-2-10-20(24)31)37(35)39(40)41(27)45-42/h1-18,31-34,37-42H/t31?,32?,33?,34?,37-,38+,39+,40-,41-,42-/m0/s1. The van der Waals surface area contributed by atoms with Crippen LogP contribution in [-0.4, -0.2) is 0 Å². The van der Waals surface area contributed by atoms with E-state index in [0.29, 0.717) is 45.6 Å². The molecule has 216 valence electrons. The third kappa shape index (κ3) is 2.70. The Kier molecular flexibility index (Phi) is 4.48. The van der Waals surface area contributed by atoms with Crippen molar-refractivity contribution in [3.05, 3.63) is 186 Å². The van der Waals surface area contributed by atoms with Crippen LogP contribution in [0.4, 0.5) is 0 Å². The fourth-order valence-corrected chi connectivity index (χ4v) is 12.2. The maximum atomic E-state index is 7.22. The van der Waals surface area contributed by atoms with Crippen molar-refractivity contribution in [2.24, 2.45) is 23.7 Å². The Morgan fingerprint density at radius 3 is 1.04 bits per heavy atom. The Bertz CT molecular complexity index is 1960. The van der Waals surface area contributed by atoms with Crippen molar-refractivity contribution in [2.75, 3.05) is 0 Å². The van der Waals surface area contributed by atoms with Crippen LogP contribution in [0.3, 0.4) is 0 Å². The van der Waals surface area contributed by atoms with Crippen LogP contribution in [0.1, 0.15) is 91.5 Å². The van der Waals surface area contributed by atoms with E-state index in [1.54, 1.807) is 11.1 Å². The van der Waals surface area contributed by atoms with Gasteiger partial charge < -0.3 is 4.74 Å². The van der Waals surface area contributed by atoms with E-state index in [2.05, 4.69) is 109 Å². The van der Waals surface area contributed by atoms with Crippen molar-refractivity contribution in [1.82, 2.24) is 0 Å². The summed E-state index contributed by atoms with van der Waals surface area (Å²) in [6, 6.07) is 41.6. The van der Waals surface area contributed by atoms with E-state index in [1.807, 2.05) is 0 Å². The molecule has 1 fully saturated rings. The van der Waals surface area contributed by atoms with Gasteiger partial charge in [0.05, 0.1) is 22.3 Å². The topological polar surface area (TPSA) is 9.23 Å². The fourth-order valence-electron chi connectivity index (χ4n) is 11.9. The van der Waals surface area contributed by atoms with Gasteiger partial charge in [-0.15, -0.1) is 0 Å². The molecule has 0 aromatic heterocycles. The van der Waals surface area contributed by atoms with Crippen LogP contribution in [-0.2, 0) is 4.74 Å². The first kappa shape index (κ1) is 24.6. The normalized spacial score (nSPS) is 34.3. The van der Waals surface area contributed by atoms with Crippen LogP contribution in [0.5, 0.6) is 0 Å². The SMILES string of the molecule is Clc1cc2c(cc1Cl)[C@@H]1O[C@@H]2[C@H]2[C@@H]1[C@H]1C(=C3C4c5ccccc5C(c5ccccc54)[C@@H]32)C2c3ccccc3C1c1ccccc12. The zero-order chi connectivity index (χ0) is 29.3. The molecule has 5 aromatic carbocycles. The number of allylic oxidation sites excluding steroid dienone is 2.